The lowest BCUT2D eigenvalue weighted by atomic mass is 9.98. The van der Waals surface area contributed by atoms with Gasteiger partial charge >= 0.3 is 6.09 Å². The van der Waals surface area contributed by atoms with Gasteiger partial charge in [-0.15, -0.1) is 0 Å². The van der Waals surface area contributed by atoms with Gasteiger partial charge in [0, 0.05) is 12.0 Å². The second-order valence-corrected chi connectivity index (χ2v) is 6.57. The summed E-state index contributed by atoms with van der Waals surface area (Å²) in [7, 11) is 0. The molecule has 8 nitrogen and oxygen atoms in total. The van der Waals surface area contributed by atoms with Gasteiger partial charge in [0.05, 0.1) is 5.69 Å². The molecule has 8 heteroatoms. The molecule has 0 unspecified atom stereocenters. The van der Waals surface area contributed by atoms with Crippen molar-refractivity contribution in [2.75, 3.05) is 5.32 Å². The SMILES string of the molecule is CC(C)(C)N(C(=O)O)[C@@H](C[C@@H]1Oc2ccccc2NC1=O)C(N)=O. The number of carbonyl (C=O) groups excluding carboxylic acids is 2. The van der Waals surface area contributed by atoms with Crippen LogP contribution in [-0.2, 0) is 9.59 Å². The first-order valence-electron chi connectivity index (χ1n) is 7.49. The van der Waals surface area contributed by atoms with E-state index in [1.807, 2.05) is 0 Å². The first kappa shape index (κ1) is 17.6. The van der Waals surface area contributed by atoms with Gasteiger partial charge in [-0.25, -0.2) is 4.79 Å². The molecule has 2 atom stereocenters. The summed E-state index contributed by atoms with van der Waals surface area (Å²) in [6, 6.07) is 5.68. The Morgan fingerprint density at radius 2 is 2.00 bits per heavy atom. The zero-order chi connectivity index (χ0) is 18.1. The summed E-state index contributed by atoms with van der Waals surface area (Å²) >= 11 is 0. The van der Waals surface area contributed by atoms with E-state index in [4.69, 9.17) is 10.5 Å². The number of amides is 3. The maximum atomic E-state index is 12.2. The minimum Gasteiger partial charge on any atom is -0.478 e. The number of hydrogen-bond donors (Lipinski definition) is 3. The van der Waals surface area contributed by atoms with Gasteiger partial charge in [0.2, 0.25) is 5.91 Å². The molecule has 0 aliphatic carbocycles. The van der Waals surface area contributed by atoms with Crippen LogP contribution in [0.25, 0.3) is 0 Å². The number of nitrogens with one attached hydrogen (secondary N) is 1. The van der Waals surface area contributed by atoms with E-state index in [0.29, 0.717) is 11.4 Å². The molecule has 0 saturated carbocycles. The van der Waals surface area contributed by atoms with Crippen LogP contribution < -0.4 is 15.8 Å². The fourth-order valence-corrected chi connectivity index (χ4v) is 2.69. The molecule has 130 valence electrons. The molecule has 4 N–H and O–H groups in total. The monoisotopic (exact) mass is 335 g/mol. The average molecular weight is 335 g/mol. The molecule has 0 aromatic heterocycles. The molecule has 0 fully saturated rings. The van der Waals surface area contributed by atoms with Crippen molar-refractivity contribution < 1.29 is 24.2 Å². The molecule has 1 heterocycles. The summed E-state index contributed by atoms with van der Waals surface area (Å²) < 4.78 is 5.63. The maximum Gasteiger partial charge on any atom is 0.408 e. The Morgan fingerprint density at radius 1 is 1.38 bits per heavy atom. The average Bonchev–Trinajstić information content (AvgIpc) is 2.45. The normalized spacial score (nSPS) is 18.0. The minimum atomic E-state index is -1.29. The van der Waals surface area contributed by atoms with E-state index in [-0.39, 0.29) is 6.42 Å². The molecule has 0 spiro atoms. The van der Waals surface area contributed by atoms with Crippen molar-refractivity contribution >= 4 is 23.6 Å². The minimum absolute atomic E-state index is 0.168. The van der Waals surface area contributed by atoms with Crippen molar-refractivity contribution in [1.82, 2.24) is 4.90 Å². The van der Waals surface area contributed by atoms with E-state index in [2.05, 4.69) is 5.32 Å². The number of carbonyl (C=O) groups is 3. The summed E-state index contributed by atoms with van der Waals surface area (Å²) in [5, 5.41) is 12.1. The second kappa shape index (κ2) is 6.38. The maximum absolute atomic E-state index is 12.2. The molecule has 1 aliphatic heterocycles. The second-order valence-electron chi connectivity index (χ2n) is 6.57. The zero-order valence-corrected chi connectivity index (χ0v) is 13.8. The predicted octanol–water partition coefficient (Wildman–Crippen LogP) is 1.41. The third kappa shape index (κ3) is 3.58. The van der Waals surface area contributed by atoms with E-state index in [9.17, 15) is 19.5 Å². The third-order valence-electron chi connectivity index (χ3n) is 3.71. The van der Waals surface area contributed by atoms with E-state index >= 15 is 0 Å². The molecule has 0 radical (unpaired) electrons. The molecule has 0 bridgehead atoms. The topological polar surface area (TPSA) is 122 Å². The summed E-state index contributed by atoms with van der Waals surface area (Å²) in [5.41, 5.74) is 5.06. The molecule has 2 rings (SSSR count). The van der Waals surface area contributed by atoms with Gasteiger partial charge in [-0.3, -0.25) is 14.5 Å². The molecule has 3 amide bonds. The number of rotatable bonds is 4. The highest BCUT2D eigenvalue weighted by Gasteiger charge is 2.40. The van der Waals surface area contributed by atoms with Crippen LogP contribution in [0.4, 0.5) is 10.5 Å². The predicted molar refractivity (Wildman–Crippen MR) is 86.7 cm³/mol. The number of nitrogens with two attached hydrogens (primary N) is 1. The highest BCUT2D eigenvalue weighted by molar-refractivity contribution is 5.98. The molecule has 1 aromatic rings. The van der Waals surface area contributed by atoms with Crippen molar-refractivity contribution in [3.8, 4) is 5.75 Å². The van der Waals surface area contributed by atoms with E-state index < -0.39 is 35.6 Å². The number of primary amides is 1. The summed E-state index contributed by atoms with van der Waals surface area (Å²) in [6.07, 6.45) is -2.47. The fraction of sp³-hybridized carbons (Fsp3) is 0.438. The lowest BCUT2D eigenvalue weighted by Crippen LogP contribution is -2.58. The van der Waals surface area contributed by atoms with Gasteiger partial charge in [-0.2, -0.15) is 0 Å². The van der Waals surface area contributed by atoms with Gasteiger partial charge in [0.15, 0.2) is 6.10 Å². The van der Waals surface area contributed by atoms with Crippen LogP contribution in [0, 0.1) is 0 Å². The smallest absolute Gasteiger partial charge is 0.408 e. The van der Waals surface area contributed by atoms with Crippen LogP contribution in [0.2, 0.25) is 0 Å². The van der Waals surface area contributed by atoms with Crippen LogP contribution >= 0.6 is 0 Å². The number of anilines is 1. The third-order valence-corrected chi connectivity index (χ3v) is 3.71. The molecule has 1 aromatic carbocycles. The van der Waals surface area contributed by atoms with Crippen molar-refractivity contribution in [3.63, 3.8) is 0 Å². The van der Waals surface area contributed by atoms with Gasteiger partial charge < -0.3 is 20.9 Å². The van der Waals surface area contributed by atoms with Crippen molar-refractivity contribution in [2.24, 2.45) is 5.73 Å². The van der Waals surface area contributed by atoms with Gasteiger partial charge in [0.1, 0.15) is 11.8 Å². The zero-order valence-electron chi connectivity index (χ0n) is 13.8. The number of carboxylic acid groups (broad SMARTS) is 1. The number of nitrogens with zero attached hydrogens (tertiary/aromatic N) is 1. The Bertz CT molecular complexity index is 668. The molecule has 1 aliphatic rings. The number of para-hydroxylation sites is 2. The van der Waals surface area contributed by atoms with Gasteiger partial charge in [-0.1, -0.05) is 12.1 Å². The summed E-state index contributed by atoms with van der Waals surface area (Å²) in [6.45, 7) is 4.94. The van der Waals surface area contributed by atoms with E-state index in [1.54, 1.807) is 45.0 Å². The van der Waals surface area contributed by atoms with Crippen LogP contribution in [0.5, 0.6) is 5.75 Å². The molecule has 0 saturated heterocycles. The Labute approximate surface area is 139 Å². The number of benzene rings is 1. The summed E-state index contributed by atoms with van der Waals surface area (Å²) in [5.74, 6) is -0.815. The fourth-order valence-electron chi connectivity index (χ4n) is 2.69. The Kier molecular flexibility index (Phi) is 4.68. The number of ether oxygens (including phenoxy) is 1. The first-order chi connectivity index (χ1) is 11.1. The van der Waals surface area contributed by atoms with Crippen LogP contribution in [0.3, 0.4) is 0 Å². The highest BCUT2D eigenvalue weighted by Crippen LogP contribution is 2.31. The number of hydrogen-bond acceptors (Lipinski definition) is 4. The molecule has 24 heavy (non-hydrogen) atoms. The largest absolute Gasteiger partial charge is 0.478 e. The lowest BCUT2D eigenvalue weighted by molar-refractivity contribution is -0.129. The van der Waals surface area contributed by atoms with Crippen LogP contribution in [0.15, 0.2) is 24.3 Å². The van der Waals surface area contributed by atoms with Crippen molar-refractivity contribution in [3.05, 3.63) is 24.3 Å². The van der Waals surface area contributed by atoms with Gasteiger partial charge in [0.25, 0.3) is 5.91 Å². The Hall–Kier alpha value is -2.77. The molecular weight excluding hydrogens is 314 g/mol. The van der Waals surface area contributed by atoms with Crippen molar-refractivity contribution in [1.29, 1.82) is 0 Å². The van der Waals surface area contributed by atoms with Crippen LogP contribution in [0.1, 0.15) is 27.2 Å². The van der Waals surface area contributed by atoms with Gasteiger partial charge in [-0.05, 0) is 32.9 Å². The van der Waals surface area contributed by atoms with Crippen molar-refractivity contribution in [2.45, 2.75) is 44.9 Å². The van der Waals surface area contributed by atoms with E-state index in [0.717, 1.165) is 4.90 Å². The van der Waals surface area contributed by atoms with Crippen LogP contribution in [-0.4, -0.2) is 45.6 Å². The highest BCUT2D eigenvalue weighted by atomic mass is 16.5. The standard InChI is InChI=1S/C16H21N3O5/c1-16(2,3)19(15(22)23)10(13(17)20)8-12-14(21)18-9-6-4-5-7-11(9)24-12/h4-7,10,12H,8H2,1-3H3,(H2,17,20)(H,18,21)(H,22,23)/t10-,12-/m0/s1. The number of fused-ring (bicyclic) bond motifs is 1. The Balaban J connectivity index is 2.27. The Morgan fingerprint density at radius 3 is 2.54 bits per heavy atom. The summed E-state index contributed by atoms with van der Waals surface area (Å²) in [4.78, 5) is 36.6. The van der Waals surface area contributed by atoms with E-state index in [1.165, 1.54) is 0 Å². The molecular formula is C16H21N3O5. The first-order valence-corrected chi connectivity index (χ1v) is 7.49. The quantitative estimate of drug-likeness (QED) is 0.768. The lowest BCUT2D eigenvalue weighted by Gasteiger charge is -2.39.